The summed E-state index contributed by atoms with van der Waals surface area (Å²) in [6.45, 7) is 6.34. The number of anilines is 1. The van der Waals surface area contributed by atoms with E-state index in [0.717, 1.165) is 25.2 Å². The number of nitrogens with one attached hydrogen (secondary N) is 1. The Morgan fingerprint density at radius 2 is 2.15 bits per heavy atom. The lowest BCUT2D eigenvalue weighted by atomic mass is 9.99. The number of hydrogen-bond acceptors (Lipinski definition) is 6. The summed E-state index contributed by atoms with van der Waals surface area (Å²) in [5, 5.41) is 3.32. The highest BCUT2D eigenvalue weighted by Crippen LogP contribution is 2.40. The first-order chi connectivity index (χ1) is 12.4. The van der Waals surface area contributed by atoms with Crippen LogP contribution in [-0.4, -0.2) is 41.9 Å². The van der Waals surface area contributed by atoms with Crippen LogP contribution >= 0.6 is 0 Å². The van der Waals surface area contributed by atoms with Crippen molar-refractivity contribution in [3.05, 3.63) is 38.7 Å². The molecule has 1 fully saturated rings. The molecule has 0 bridgehead atoms. The van der Waals surface area contributed by atoms with Crippen LogP contribution in [0.25, 0.3) is 5.52 Å². The van der Waals surface area contributed by atoms with E-state index < -0.39 is 11.2 Å². The summed E-state index contributed by atoms with van der Waals surface area (Å²) >= 11 is 0. The Hall–Kier alpha value is -2.48. The molecule has 3 atom stereocenters. The molecule has 0 saturated carbocycles. The highest BCUT2D eigenvalue weighted by molar-refractivity contribution is 5.78. The number of hydrogen-bond donors (Lipinski definition) is 2. The summed E-state index contributed by atoms with van der Waals surface area (Å²) in [6, 6.07) is 2.32. The largest absolute Gasteiger partial charge is 0.489 e. The Labute approximate surface area is 151 Å². The Morgan fingerprint density at radius 1 is 1.38 bits per heavy atom. The van der Waals surface area contributed by atoms with Crippen molar-refractivity contribution in [2.45, 2.75) is 32.2 Å². The molecule has 0 radical (unpaired) electrons. The summed E-state index contributed by atoms with van der Waals surface area (Å²) in [5.41, 5.74) is 1.06. The van der Waals surface area contributed by atoms with E-state index in [-0.39, 0.29) is 5.92 Å². The molecule has 4 heterocycles. The van der Waals surface area contributed by atoms with Crippen LogP contribution < -0.4 is 32.0 Å². The van der Waals surface area contributed by atoms with Crippen LogP contribution in [0.3, 0.4) is 0 Å². The first-order valence-corrected chi connectivity index (χ1v) is 9.08. The monoisotopic (exact) mass is 359 g/mol. The summed E-state index contributed by atoms with van der Waals surface area (Å²) < 4.78 is 8.13. The molecule has 2 aliphatic heterocycles. The fourth-order valence-corrected chi connectivity index (χ4v) is 4.15. The molecule has 140 valence electrons. The quantitative estimate of drug-likeness (QED) is 0.756. The number of pyridine rings is 1. The average Bonchev–Trinajstić information content (AvgIpc) is 3.13. The zero-order chi connectivity index (χ0) is 18.6. The fourth-order valence-electron chi connectivity index (χ4n) is 4.15. The lowest BCUT2D eigenvalue weighted by molar-refractivity contribution is 0.286. The van der Waals surface area contributed by atoms with E-state index in [0.29, 0.717) is 40.1 Å². The predicted octanol–water partition coefficient (Wildman–Crippen LogP) is 0.105. The van der Waals surface area contributed by atoms with Gasteiger partial charge in [0.05, 0.1) is 17.9 Å². The number of rotatable bonds is 3. The molecule has 2 aromatic rings. The zero-order valence-electron chi connectivity index (χ0n) is 15.4. The van der Waals surface area contributed by atoms with Crippen LogP contribution in [0.15, 0.2) is 21.9 Å². The van der Waals surface area contributed by atoms with Gasteiger partial charge < -0.3 is 20.8 Å². The Kier molecular flexibility index (Phi) is 3.95. The van der Waals surface area contributed by atoms with Crippen LogP contribution in [0.1, 0.15) is 31.7 Å². The minimum atomic E-state index is -0.553. The van der Waals surface area contributed by atoms with Crippen molar-refractivity contribution in [1.82, 2.24) is 14.4 Å². The number of aromatic nitrogens is 2. The molecule has 2 aliphatic rings. The smallest absolute Gasteiger partial charge is 0.354 e. The molecule has 1 saturated heterocycles. The van der Waals surface area contributed by atoms with Gasteiger partial charge >= 0.3 is 5.69 Å². The first-order valence-electron chi connectivity index (χ1n) is 9.08. The molecular formula is C18H25N5O3. The molecule has 0 spiro atoms. The minimum Gasteiger partial charge on any atom is -0.489 e. The second-order valence-corrected chi connectivity index (χ2v) is 7.40. The Balaban J connectivity index is 1.89. The van der Waals surface area contributed by atoms with Gasteiger partial charge in [-0.25, -0.2) is 4.79 Å². The van der Waals surface area contributed by atoms with E-state index >= 15 is 0 Å². The van der Waals surface area contributed by atoms with E-state index in [4.69, 9.17) is 10.6 Å². The number of nitrogens with zero attached hydrogens (tertiary/aromatic N) is 3. The highest BCUT2D eigenvalue weighted by Gasteiger charge is 2.32. The van der Waals surface area contributed by atoms with Crippen molar-refractivity contribution in [2.24, 2.45) is 5.92 Å². The van der Waals surface area contributed by atoms with Gasteiger partial charge in [0, 0.05) is 31.2 Å². The Bertz CT molecular complexity index is 979. The standard InChI is InChI=1S/C18H25N5O3/c1-10-9-26-16-13(21-6-4-12(8-21)11(2)20-3)5-7-22-15(16)14(10)17(24)23(19)18(22)25/h5,7,10-12,20H,4,6,8-9,19H2,1-3H3/t10?,11-,12+/m0/s1. The van der Waals surface area contributed by atoms with E-state index in [2.05, 4.69) is 17.1 Å². The average molecular weight is 359 g/mol. The van der Waals surface area contributed by atoms with Crippen LogP contribution in [0.5, 0.6) is 5.75 Å². The van der Waals surface area contributed by atoms with Gasteiger partial charge in [0.15, 0.2) is 5.75 Å². The highest BCUT2D eigenvalue weighted by atomic mass is 16.5. The van der Waals surface area contributed by atoms with Crippen LogP contribution in [0.2, 0.25) is 0 Å². The fraction of sp³-hybridized carbons (Fsp3) is 0.556. The minimum absolute atomic E-state index is 0.119. The maximum Gasteiger partial charge on any atom is 0.354 e. The normalized spacial score (nSPS) is 23.3. The second-order valence-electron chi connectivity index (χ2n) is 7.40. The molecule has 26 heavy (non-hydrogen) atoms. The summed E-state index contributed by atoms with van der Waals surface area (Å²) in [6.07, 6.45) is 2.78. The number of ether oxygens (including phenoxy) is 1. The third-order valence-corrected chi connectivity index (χ3v) is 5.88. The van der Waals surface area contributed by atoms with Crippen LogP contribution in [-0.2, 0) is 0 Å². The molecule has 8 heteroatoms. The van der Waals surface area contributed by atoms with Crippen molar-refractivity contribution < 1.29 is 4.74 Å². The van der Waals surface area contributed by atoms with E-state index in [1.807, 2.05) is 20.0 Å². The van der Waals surface area contributed by atoms with Gasteiger partial charge in [-0.15, -0.1) is 0 Å². The second kappa shape index (κ2) is 6.05. The summed E-state index contributed by atoms with van der Waals surface area (Å²) in [4.78, 5) is 27.3. The van der Waals surface area contributed by atoms with Crippen molar-refractivity contribution in [2.75, 3.05) is 37.5 Å². The van der Waals surface area contributed by atoms with Gasteiger partial charge in [-0.1, -0.05) is 6.92 Å². The lowest BCUT2D eigenvalue weighted by Gasteiger charge is -2.29. The van der Waals surface area contributed by atoms with Crippen LogP contribution in [0, 0.1) is 5.92 Å². The molecule has 4 rings (SSSR count). The van der Waals surface area contributed by atoms with Gasteiger partial charge in [0.2, 0.25) is 0 Å². The van der Waals surface area contributed by atoms with E-state index in [1.165, 1.54) is 4.40 Å². The molecule has 0 aliphatic carbocycles. The van der Waals surface area contributed by atoms with Crippen LogP contribution in [0.4, 0.5) is 5.69 Å². The molecule has 3 N–H and O–H groups in total. The molecule has 2 aromatic heterocycles. The molecule has 1 unspecified atom stereocenters. The SMILES string of the molecule is CN[C@@H](C)[C@@H]1CCN(c2ccn3c(=O)n(N)c(=O)c4c3c2OCC4C)C1. The van der Waals surface area contributed by atoms with Crippen molar-refractivity contribution in [3.63, 3.8) is 0 Å². The maximum absolute atomic E-state index is 12.6. The van der Waals surface area contributed by atoms with Crippen molar-refractivity contribution in [1.29, 1.82) is 0 Å². The molecular weight excluding hydrogens is 334 g/mol. The van der Waals surface area contributed by atoms with E-state index in [9.17, 15) is 9.59 Å². The van der Waals surface area contributed by atoms with Gasteiger partial charge in [-0.3, -0.25) is 9.20 Å². The molecule has 0 amide bonds. The van der Waals surface area contributed by atoms with Gasteiger partial charge in [-0.05, 0) is 32.4 Å². The topological polar surface area (TPSA) is 94.0 Å². The number of nitrogens with two attached hydrogens (primary N) is 1. The lowest BCUT2D eigenvalue weighted by Crippen LogP contribution is -2.46. The molecule has 0 aromatic carbocycles. The van der Waals surface area contributed by atoms with Gasteiger partial charge in [0.25, 0.3) is 5.56 Å². The summed E-state index contributed by atoms with van der Waals surface area (Å²) in [7, 11) is 1.98. The van der Waals surface area contributed by atoms with Crippen molar-refractivity contribution in [3.8, 4) is 5.75 Å². The third kappa shape index (κ3) is 2.32. The third-order valence-electron chi connectivity index (χ3n) is 5.88. The first kappa shape index (κ1) is 17.0. The number of nitrogen functional groups attached to an aromatic ring is 1. The maximum atomic E-state index is 12.6. The van der Waals surface area contributed by atoms with Crippen molar-refractivity contribution >= 4 is 11.2 Å². The van der Waals surface area contributed by atoms with Gasteiger partial charge in [0.1, 0.15) is 5.52 Å². The zero-order valence-corrected chi connectivity index (χ0v) is 15.4. The van der Waals surface area contributed by atoms with E-state index in [1.54, 1.807) is 6.20 Å². The van der Waals surface area contributed by atoms with Gasteiger partial charge in [-0.2, -0.15) is 4.68 Å². The Morgan fingerprint density at radius 3 is 2.88 bits per heavy atom. The predicted molar refractivity (Wildman–Crippen MR) is 101 cm³/mol. The molecule has 8 nitrogen and oxygen atoms in total. The summed E-state index contributed by atoms with van der Waals surface area (Å²) in [5.74, 6) is 6.75.